The standard InChI is InChI=1S/C41H29N/c42-40-20-10-9-19-37(40)41-36-18-8-7-15-33(36)32-14-4-6-17-35(32)39(41)25-27-21-23-28(24-22-27)38-26-29-11-1-2-12-30(29)31-13-3-5-16-34(31)38/h1-24,26H,25,42H2. The van der Waals surface area contributed by atoms with Crippen molar-refractivity contribution in [2.24, 2.45) is 0 Å². The minimum atomic E-state index is 0.803. The molecule has 0 aliphatic carbocycles. The number of fused-ring (bicyclic) bond motifs is 6. The summed E-state index contributed by atoms with van der Waals surface area (Å²) in [4.78, 5) is 0. The van der Waals surface area contributed by atoms with Crippen molar-refractivity contribution in [2.75, 3.05) is 5.73 Å². The van der Waals surface area contributed by atoms with Crippen LogP contribution < -0.4 is 5.73 Å². The molecule has 0 spiro atoms. The molecule has 8 aromatic carbocycles. The maximum Gasteiger partial charge on any atom is 0.0394 e. The number of rotatable bonds is 4. The molecule has 0 atom stereocenters. The van der Waals surface area contributed by atoms with E-state index < -0.39 is 0 Å². The van der Waals surface area contributed by atoms with Gasteiger partial charge in [0.05, 0.1) is 0 Å². The van der Waals surface area contributed by atoms with Gasteiger partial charge in [0.1, 0.15) is 0 Å². The molecule has 0 radical (unpaired) electrons. The lowest BCUT2D eigenvalue weighted by Crippen LogP contribution is -1.99. The Kier molecular flexibility index (Phi) is 5.75. The largest absolute Gasteiger partial charge is 0.398 e. The fraction of sp³-hybridized carbons (Fsp3) is 0.0244. The number of hydrogen-bond acceptors (Lipinski definition) is 1. The van der Waals surface area contributed by atoms with Gasteiger partial charge in [-0.3, -0.25) is 0 Å². The molecule has 0 aliphatic rings. The molecule has 0 saturated carbocycles. The summed E-state index contributed by atoms with van der Waals surface area (Å²) in [5, 5.41) is 10.2. The van der Waals surface area contributed by atoms with Crippen LogP contribution >= 0.6 is 0 Å². The number of para-hydroxylation sites is 1. The summed E-state index contributed by atoms with van der Waals surface area (Å²) in [7, 11) is 0. The van der Waals surface area contributed by atoms with E-state index in [1.807, 2.05) is 12.1 Å². The molecule has 0 bridgehead atoms. The number of hydrogen-bond donors (Lipinski definition) is 1. The van der Waals surface area contributed by atoms with Gasteiger partial charge in [0.15, 0.2) is 0 Å². The highest BCUT2D eigenvalue weighted by Crippen LogP contribution is 2.42. The van der Waals surface area contributed by atoms with Crippen molar-refractivity contribution in [1.29, 1.82) is 0 Å². The highest BCUT2D eigenvalue weighted by molar-refractivity contribution is 6.17. The first-order valence-corrected chi connectivity index (χ1v) is 14.5. The summed E-state index contributed by atoms with van der Waals surface area (Å²) < 4.78 is 0. The Morgan fingerprint density at radius 1 is 0.405 bits per heavy atom. The van der Waals surface area contributed by atoms with Gasteiger partial charge < -0.3 is 5.73 Å². The van der Waals surface area contributed by atoms with E-state index in [0.717, 1.165) is 17.7 Å². The van der Waals surface area contributed by atoms with Gasteiger partial charge in [0.25, 0.3) is 0 Å². The molecule has 0 fully saturated rings. The van der Waals surface area contributed by atoms with Crippen molar-refractivity contribution in [3.8, 4) is 22.3 Å². The van der Waals surface area contributed by atoms with Gasteiger partial charge in [0, 0.05) is 11.3 Å². The Morgan fingerprint density at radius 3 is 1.64 bits per heavy atom. The third-order valence-electron chi connectivity index (χ3n) is 8.68. The van der Waals surface area contributed by atoms with E-state index in [1.165, 1.54) is 70.9 Å². The molecule has 2 N–H and O–H groups in total. The Hall–Kier alpha value is -5.40. The average Bonchev–Trinajstić information content (AvgIpc) is 3.05. The monoisotopic (exact) mass is 535 g/mol. The molecule has 0 aliphatic heterocycles. The van der Waals surface area contributed by atoms with E-state index in [4.69, 9.17) is 5.73 Å². The van der Waals surface area contributed by atoms with Gasteiger partial charge in [-0.25, -0.2) is 0 Å². The van der Waals surface area contributed by atoms with Gasteiger partial charge in [-0.2, -0.15) is 0 Å². The van der Waals surface area contributed by atoms with E-state index in [0.29, 0.717) is 0 Å². The maximum absolute atomic E-state index is 6.62. The van der Waals surface area contributed by atoms with E-state index in [2.05, 4.69) is 140 Å². The molecule has 0 aromatic heterocycles. The molecule has 8 aromatic rings. The fourth-order valence-electron chi connectivity index (χ4n) is 6.73. The number of anilines is 1. The summed E-state index contributed by atoms with van der Waals surface area (Å²) in [6.07, 6.45) is 0.813. The van der Waals surface area contributed by atoms with E-state index in [-0.39, 0.29) is 0 Å². The first-order chi connectivity index (χ1) is 20.8. The Bertz CT molecular complexity index is 2280. The van der Waals surface area contributed by atoms with Gasteiger partial charge >= 0.3 is 0 Å². The predicted molar refractivity (Wildman–Crippen MR) is 181 cm³/mol. The molecule has 0 saturated heterocycles. The number of nitrogens with two attached hydrogens (primary N) is 1. The molecular formula is C41H29N. The average molecular weight is 536 g/mol. The lowest BCUT2D eigenvalue weighted by Gasteiger charge is -2.19. The van der Waals surface area contributed by atoms with Crippen molar-refractivity contribution in [3.63, 3.8) is 0 Å². The molecule has 0 amide bonds. The number of nitrogen functional groups attached to an aromatic ring is 1. The highest BCUT2D eigenvalue weighted by Gasteiger charge is 2.18. The van der Waals surface area contributed by atoms with Crippen LogP contribution in [0.1, 0.15) is 11.1 Å². The van der Waals surface area contributed by atoms with Crippen LogP contribution in [-0.4, -0.2) is 0 Å². The Labute approximate surface area is 245 Å². The van der Waals surface area contributed by atoms with Crippen molar-refractivity contribution in [1.82, 2.24) is 0 Å². The second-order valence-electron chi connectivity index (χ2n) is 11.1. The molecular weight excluding hydrogens is 506 g/mol. The van der Waals surface area contributed by atoms with Crippen molar-refractivity contribution in [2.45, 2.75) is 6.42 Å². The summed E-state index contributed by atoms with van der Waals surface area (Å²) in [5.74, 6) is 0. The zero-order chi connectivity index (χ0) is 28.0. The minimum Gasteiger partial charge on any atom is -0.398 e. The fourth-order valence-corrected chi connectivity index (χ4v) is 6.73. The zero-order valence-electron chi connectivity index (χ0n) is 23.2. The Balaban J connectivity index is 1.30. The van der Waals surface area contributed by atoms with Gasteiger partial charge in [0.2, 0.25) is 0 Å². The number of benzene rings is 8. The molecule has 198 valence electrons. The minimum absolute atomic E-state index is 0.803. The summed E-state index contributed by atoms with van der Waals surface area (Å²) in [6.45, 7) is 0. The van der Waals surface area contributed by atoms with Crippen LogP contribution in [0, 0.1) is 0 Å². The molecule has 0 heterocycles. The third kappa shape index (κ3) is 3.94. The maximum atomic E-state index is 6.62. The van der Waals surface area contributed by atoms with E-state index >= 15 is 0 Å². The first kappa shape index (κ1) is 24.4. The van der Waals surface area contributed by atoms with Crippen molar-refractivity contribution < 1.29 is 0 Å². The van der Waals surface area contributed by atoms with Crippen LogP contribution in [0.3, 0.4) is 0 Å². The molecule has 1 heteroatoms. The van der Waals surface area contributed by atoms with E-state index in [9.17, 15) is 0 Å². The van der Waals surface area contributed by atoms with Crippen LogP contribution in [0.25, 0.3) is 65.3 Å². The summed E-state index contributed by atoms with van der Waals surface area (Å²) >= 11 is 0. The normalized spacial score (nSPS) is 11.5. The van der Waals surface area contributed by atoms with E-state index in [1.54, 1.807) is 0 Å². The first-order valence-electron chi connectivity index (χ1n) is 14.5. The van der Waals surface area contributed by atoms with Crippen LogP contribution in [0.2, 0.25) is 0 Å². The van der Waals surface area contributed by atoms with Gasteiger partial charge in [-0.15, -0.1) is 0 Å². The van der Waals surface area contributed by atoms with Crippen LogP contribution in [-0.2, 0) is 6.42 Å². The lowest BCUT2D eigenvalue weighted by atomic mass is 9.85. The second-order valence-corrected chi connectivity index (χ2v) is 11.1. The van der Waals surface area contributed by atoms with Crippen LogP contribution in [0.5, 0.6) is 0 Å². The van der Waals surface area contributed by atoms with Gasteiger partial charge in [-0.1, -0.05) is 140 Å². The Morgan fingerprint density at radius 2 is 0.929 bits per heavy atom. The smallest absolute Gasteiger partial charge is 0.0394 e. The van der Waals surface area contributed by atoms with Gasteiger partial charge in [-0.05, 0) is 89.5 Å². The highest BCUT2D eigenvalue weighted by atomic mass is 14.6. The molecule has 0 unspecified atom stereocenters. The predicted octanol–water partition coefficient (Wildman–Crippen LogP) is 10.8. The lowest BCUT2D eigenvalue weighted by molar-refractivity contribution is 1.22. The topological polar surface area (TPSA) is 26.0 Å². The SMILES string of the molecule is Nc1ccccc1-c1c(Cc2ccc(-c3cc4ccccc4c4ccccc34)cc2)c2ccccc2c2ccccc12. The molecule has 42 heavy (non-hydrogen) atoms. The third-order valence-corrected chi connectivity index (χ3v) is 8.68. The summed E-state index contributed by atoms with van der Waals surface area (Å²) in [5.41, 5.74) is 14.8. The van der Waals surface area contributed by atoms with Crippen LogP contribution in [0.15, 0.2) is 152 Å². The van der Waals surface area contributed by atoms with Crippen molar-refractivity contribution >= 4 is 48.8 Å². The quantitative estimate of drug-likeness (QED) is 0.176. The second kappa shape index (κ2) is 9.90. The van der Waals surface area contributed by atoms with Crippen LogP contribution in [0.4, 0.5) is 5.69 Å². The molecule has 8 rings (SSSR count). The van der Waals surface area contributed by atoms with Crippen molar-refractivity contribution in [3.05, 3.63) is 163 Å². The zero-order valence-corrected chi connectivity index (χ0v) is 23.2. The summed E-state index contributed by atoms with van der Waals surface area (Å²) in [6, 6.07) is 54.7. The molecule has 1 nitrogen and oxygen atoms in total.